The molecule has 10 aromatic rings. The largest absolute Gasteiger partial charge is 0.476 e. The number of carbonyl (C=O) groups excluding carboxylic acids is 9. The summed E-state index contributed by atoms with van der Waals surface area (Å²) < 4.78 is 37.8. The minimum absolute atomic E-state index is 0.00806. The van der Waals surface area contributed by atoms with Gasteiger partial charge in [-0.3, -0.25) is 56.5 Å². The van der Waals surface area contributed by atoms with Crippen LogP contribution >= 0.6 is 0 Å². The molecule has 0 saturated carbocycles. The summed E-state index contributed by atoms with van der Waals surface area (Å²) in [5.41, 5.74) is 0.756. The van der Waals surface area contributed by atoms with E-state index in [0.29, 0.717) is 60.6 Å². The third-order valence-electron chi connectivity index (χ3n) is 20.6. The van der Waals surface area contributed by atoms with Gasteiger partial charge in [-0.15, -0.1) is 0 Å². The number of imidazole rings is 3. The smallest absolute Gasteiger partial charge is 0.410 e. The SMILES string of the molecule is CC[C@@H](C)C(=O)N[C@H](C(=O)N1C[C@@H](NC(=O)c2ccccc2)C[C@H]1CN(CCc1ccc(F)cc1)C(=O)c1cn2cccnc2n1)C(C)(C)C.C[C@@H](C(=O)N[C@H](C(=O)N1C[C@@H](NC(=O)c2ccccc2)C[C@H]1CN(CCc1ccc(F)cc1)C(=O)c1cn2cccnc2n1)C(C)(C)C)N(C)C(=O)OC(C)(C)C.O=C(O)c1cn2cccnc2n1. The lowest BCUT2D eigenvalue weighted by atomic mass is 9.85. The number of hydrogen-bond donors (Lipinski definition) is 5. The Bertz CT molecular complexity index is 5120. The topological polar surface area (TPSA) is 355 Å². The number of halogens is 2. The van der Waals surface area contributed by atoms with Crippen LogP contribution in [0.3, 0.4) is 0 Å². The molecule has 0 bridgehead atoms. The van der Waals surface area contributed by atoms with E-state index >= 15 is 0 Å². The molecule has 0 unspecified atom stereocenters. The predicted molar refractivity (Wildman–Crippen MR) is 439 cm³/mol. The third kappa shape index (κ3) is 23.7. The molecule has 2 saturated heterocycles. The van der Waals surface area contributed by atoms with E-state index in [-0.39, 0.29) is 103 Å². The van der Waals surface area contributed by atoms with E-state index in [9.17, 15) is 56.7 Å². The second-order valence-electron chi connectivity index (χ2n) is 32.9. The monoisotopic (exact) mass is 1630 g/mol. The average Bonchev–Trinajstić information content (AvgIpc) is 1.68. The van der Waals surface area contributed by atoms with Gasteiger partial charge in [-0.2, -0.15) is 0 Å². The highest BCUT2D eigenvalue weighted by molar-refractivity contribution is 5.97. The van der Waals surface area contributed by atoms with Crippen molar-refractivity contribution in [2.45, 2.75) is 163 Å². The van der Waals surface area contributed by atoms with Crippen LogP contribution in [0, 0.1) is 28.4 Å². The van der Waals surface area contributed by atoms with Crippen molar-refractivity contribution in [3.63, 3.8) is 0 Å². The number of aromatic nitrogens is 9. The summed E-state index contributed by atoms with van der Waals surface area (Å²) in [6.45, 7) is 22.7. The van der Waals surface area contributed by atoms with E-state index in [0.717, 1.165) is 11.1 Å². The molecule has 6 aromatic heterocycles. The number of carboxylic acids is 1. The fourth-order valence-corrected chi connectivity index (χ4v) is 13.7. The molecule has 2 fully saturated rings. The van der Waals surface area contributed by atoms with Gasteiger partial charge in [0.25, 0.3) is 23.6 Å². The van der Waals surface area contributed by atoms with Crippen LogP contribution in [0.5, 0.6) is 0 Å². The maximum atomic E-state index is 14.8. The highest BCUT2D eigenvalue weighted by atomic mass is 19.1. The minimum Gasteiger partial charge on any atom is -0.476 e. The highest BCUT2D eigenvalue weighted by Crippen LogP contribution is 2.31. The summed E-state index contributed by atoms with van der Waals surface area (Å²) >= 11 is 0. The third-order valence-corrected chi connectivity index (χ3v) is 20.6. The van der Waals surface area contributed by atoms with Gasteiger partial charge in [0.2, 0.25) is 41.0 Å². The number of likely N-dealkylation sites (tertiary alicyclic amines) is 2. The Morgan fingerprint density at radius 2 is 0.891 bits per heavy atom. The summed E-state index contributed by atoms with van der Waals surface area (Å²) in [6.07, 6.45) is 16.0. The molecule has 0 aliphatic carbocycles. The van der Waals surface area contributed by atoms with Crippen LogP contribution < -0.4 is 21.3 Å². The Morgan fingerprint density at radius 1 is 0.521 bits per heavy atom. The number of benzene rings is 4. The lowest BCUT2D eigenvalue weighted by molar-refractivity contribution is -0.141. The van der Waals surface area contributed by atoms with E-state index in [2.05, 4.69) is 51.2 Å². The van der Waals surface area contributed by atoms with Crippen LogP contribution in [0.15, 0.2) is 183 Å². The second-order valence-corrected chi connectivity index (χ2v) is 32.9. The van der Waals surface area contributed by atoms with E-state index in [1.54, 1.807) is 201 Å². The van der Waals surface area contributed by atoms with Crippen LogP contribution in [0.1, 0.15) is 166 Å². The zero-order valence-corrected chi connectivity index (χ0v) is 69.2. The van der Waals surface area contributed by atoms with Gasteiger partial charge in [-0.05, 0) is 148 Å². The van der Waals surface area contributed by atoms with Crippen molar-refractivity contribution < 1.29 is 66.6 Å². The van der Waals surface area contributed by atoms with Gasteiger partial charge in [0.1, 0.15) is 46.7 Å². The van der Waals surface area contributed by atoms with Crippen molar-refractivity contribution in [3.8, 4) is 0 Å². The van der Waals surface area contributed by atoms with Gasteiger partial charge < -0.3 is 50.7 Å². The maximum absolute atomic E-state index is 14.8. The van der Waals surface area contributed by atoms with Gasteiger partial charge in [-0.25, -0.2) is 48.3 Å². The minimum atomic E-state index is -1.06. The Kier molecular flexibility index (Phi) is 28.9. The van der Waals surface area contributed by atoms with E-state index in [4.69, 9.17) is 9.84 Å². The second kappa shape index (κ2) is 38.9. The molecular formula is C87H104F2N18O12. The molecule has 30 nitrogen and oxygen atoms in total. The molecule has 2 aliphatic rings. The number of carbonyl (C=O) groups is 10. The zero-order chi connectivity index (χ0) is 86.2. The van der Waals surface area contributed by atoms with Gasteiger partial charge in [-0.1, -0.05) is 116 Å². The summed E-state index contributed by atoms with van der Waals surface area (Å²) in [5.74, 6) is -3.70. The van der Waals surface area contributed by atoms with Crippen molar-refractivity contribution in [1.82, 2.24) is 88.9 Å². The summed E-state index contributed by atoms with van der Waals surface area (Å²) in [6, 6.07) is 30.1. The van der Waals surface area contributed by atoms with Crippen LogP contribution in [0.4, 0.5) is 13.6 Å². The van der Waals surface area contributed by atoms with E-state index < -0.39 is 88.5 Å². The highest BCUT2D eigenvalue weighted by Gasteiger charge is 2.47. The molecule has 4 aromatic carbocycles. The summed E-state index contributed by atoms with van der Waals surface area (Å²) in [7, 11) is 1.46. The van der Waals surface area contributed by atoms with E-state index in [1.807, 2.05) is 67.5 Å². The van der Waals surface area contributed by atoms with Crippen molar-refractivity contribution in [2.75, 3.05) is 46.3 Å². The maximum Gasteiger partial charge on any atom is 0.410 e. The number of nitrogens with one attached hydrogen (secondary N) is 4. The van der Waals surface area contributed by atoms with Gasteiger partial charge in [0.15, 0.2) is 5.69 Å². The molecule has 628 valence electrons. The number of nitrogens with zero attached hydrogens (tertiary/aromatic N) is 14. The van der Waals surface area contributed by atoms with Gasteiger partial charge >= 0.3 is 12.1 Å². The fraction of sp³-hybridized carbons (Fsp3) is 0.402. The molecule has 8 atom stereocenters. The molecule has 5 N–H and O–H groups in total. The number of ether oxygens (including phenoxy) is 1. The quantitative estimate of drug-likeness (QED) is 0.0355. The first-order valence-electron chi connectivity index (χ1n) is 39.5. The van der Waals surface area contributed by atoms with Crippen molar-refractivity contribution in [1.29, 1.82) is 0 Å². The Balaban J connectivity index is 0.000000220. The van der Waals surface area contributed by atoms with Crippen LogP contribution in [0.25, 0.3) is 17.3 Å². The molecule has 0 radical (unpaired) electrons. The number of fused-ring (bicyclic) bond motifs is 3. The molecule has 2 aliphatic heterocycles. The van der Waals surface area contributed by atoms with Crippen LogP contribution in [-0.4, -0.2) is 226 Å². The first-order valence-corrected chi connectivity index (χ1v) is 39.5. The molecule has 0 spiro atoms. The molecule has 8 heterocycles. The predicted octanol–water partition coefficient (Wildman–Crippen LogP) is 9.70. The Labute approximate surface area is 689 Å². The molecule has 9 amide bonds. The first-order chi connectivity index (χ1) is 56.4. The normalized spacial score (nSPS) is 16.3. The molecule has 32 heteroatoms. The van der Waals surface area contributed by atoms with Crippen molar-refractivity contribution in [3.05, 3.63) is 234 Å². The lowest BCUT2D eigenvalue weighted by Gasteiger charge is -2.38. The van der Waals surface area contributed by atoms with Gasteiger partial charge in [0, 0.05) is 131 Å². The number of aromatic carboxylic acids is 1. The van der Waals surface area contributed by atoms with Crippen LogP contribution in [-0.2, 0) is 36.8 Å². The van der Waals surface area contributed by atoms with Gasteiger partial charge in [0.05, 0.1) is 12.1 Å². The summed E-state index contributed by atoms with van der Waals surface area (Å²) in [5, 5.41) is 20.6. The van der Waals surface area contributed by atoms with E-state index in [1.165, 1.54) is 42.4 Å². The van der Waals surface area contributed by atoms with Crippen molar-refractivity contribution in [2.24, 2.45) is 16.7 Å². The molecular weight excluding hydrogens is 1530 g/mol. The Hall–Kier alpha value is -12.9. The number of likely N-dealkylation sites (N-methyl/N-ethyl adjacent to an activating group) is 1. The average molecular weight is 1630 g/mol. The first kappa shape index (κ1) is 88.5. The fourth-order valence-electron chi connectivity index (χ4n) is 13.7. The molecule has 12 rings (SSSR count). The summed E-state index contributed by atoms with van der Waals surface area (Å²) in [4.78, 5) is 167. The molecule has 119 heavy (non-hydrogen) atoms. The number of rotatable bonds is 25. The zero-order valence-electron chi connectivity index (χ0n) is 69.2. The number of carboxylic acid groups (broad SMARTS) is 1. The lowest BCUT2D eigenvalue weighted by Crippen LogP contribution is -2.60. The standard InChI is InChI=1S/C42H53FN8O6.C38H46FN7O4.C7H5N3O2/c1-27(48(8)40(56)57-42(5,6)7)35(52)47-34(41(2,3)4)38(55)51-24-31(45-36(53)29-13-10-9-11-14-29)23-32(51)25-49(22-19-28-15-17-30(43)18-16-28)37(54)33-26-50-21-12-20-44-39(50)46-33;1-6-25(2)33(47)43-32(38(3,4)5)36(50)46-22-29(41-34(48)27-11-8-7-9-12-27)21-30(46)23-44(20-17-26-13-15-28(39)16-14-26)35(49)31-24-45-19-10-18-40-37(45)42-31;11-6(12)5-4-10-3-1-2-8-7(10)9-5/h9-18,20-21,26-27,31-32,34H,19,22-25H2,1-8H3,(H,45,53)(H,47,52);7-16,18-19,24-25,29-30,32H,6,17,20-23H2,1-5H3,(H,41,48)(H,43,47);1-4H,(H,11,12)/t27-,31-,32-,34+;25-,29+,30+,32-;/m01./s1. The number of hydrogen-bond acceptors (Lipinski definition) is 17. The van der Waals surface area contributed by atoms with Crippen molar-refractivity contribution >= 4 is 76.7 Å². The van der Waals surface area contributed by atoms with Crippen LogP contribution in [0.2, 0.25) is 0 Å². The Morgan fingerprint density at radius 3 is 1.24 bits per heavy atom. The number of amides is 9.